The van der Waals surface area contributed by atoms with Crippen molar-refractivity contribution >= 4 is 35.3 Å². The minimum absolute atomic E-state index is 0.143. The Hall–Kier alpha value is -4.01. The van der Waals surface area contributed by atoms with Crippen LogP contribution in [0.1, 0.15) is 55.9 Å². The van der Waals surface area contributed by atoms with Gasteiger partial charge in [-0.15, -0.1) is 0 Å². The average molecular weight is 449 g/mol. The molecular formula is C24H23N3O6. The fraction of sp³-hybridized carbons (Fsp3) is 0.292. The number of fused-ring (bicyclic) bond motifs is 1. The fourth-order valence-electron chi connectivity index (χ4n) is 3.50. The third kappa shape index (κ3) is 5.08. The first-order valence-corrected chi connectivity index (χ1v) is 10.7. The Morgan fingerprint density at radius 3 is 2.52 bits per heavy atom. The second-order valence-electron chi connectivity index (χ2n) is 8.06. The van der Waals surface area contributed by atoms with E-state index in [1.54, 1.807) is 42.5 Å². The van der Waals surface area contributed by atoms with Gasteiger partial charge in [0.2, 0.25) is 0 Å². The highest BCUT2D eigenvalue weighted by Gasteiger charge is 2.35. The van der Waals surface area contributed by atoms with Crippen LogP contribution >= 0.6 is 0 Å². The average Bonchev–Trinajstić information content (AvgIpc) is 3.57. The molecule has 1 aliphatic carbocycles. The van der Waals surface area contributed by atoms with E-state index in [4.69, 9.17) is 4.74 Å². The molecule has 0 bridgehead atoms. The first-order chi connectivity index (χ1) is 15.8. The number of nitrogens with zero attached hydrogens (tertiary/aromatic N) is 1. The molecule has 9 heteroatoms. The van der Waals surface area contributed by atoms with E-state index in [2.05, 4.69) is 10.6 Å². The van der Waals surface area contributed by atoms with Gasteiger partial charge in [0.1, 0.15) is 0 Å². The van der Waals surface area contributed by atoms with Gasteiger partial charge in [0.25, 0.3) is 23.6 Å². The molecule has 0 aromatic heterocycles. The molecule has 2 aromatic carbocycles. The van der Waals surface area contributed by atoms with Gasteiger partial charge in [-0.3, -0.25) is 28.9 Å². The van der Waals surface area contributed by atoms with Crippen LogP contribution in [0.25, 0.3) is 0 Å². The quantitative estimate of drug-likeness (QED) is 0.470. The monoisotopic (exact) mass is 449 g/mol. The van der Waals surface area contributed by atoms with Gasteiger partial charge in [-0.25, -0.2) is 0 Å². The first-order valence-electron chi connectivity index (χ1n) is 10.7. The van der Waals surface area contributed by atoms with Crippen LogP contribution in [0.2, 0.25) is 0 Å². The lowest BCUT2D eigenvalue weighted by Gasteiger charge is -2.13. The topological polar surface area (TPSA) is 122 Å². The Balaban J connectivity index is 1.26. The number of amides is 4. The van der Waals surface area contributed by atoms with Crippen molar-refractivity contribution in [2.75, 3.05) is 18.5 Å². The smallest absolute Gasteiger partial charge is 0.308 e. The number of benzene rings is 2. The van der Waals surface area contributed by atoms with Gasteiger partial charge in [-0.05, 0) is 44.0 Å². The molecule has 1 aliphatic heterocycles. The Morgan fingerprint density at radius 1 is 1.03 bits per heavy atom. The molecule has 170 valence electrons. The van der Waals surface area contributed by atoms with Crippen LogP contribution in [0.3, 0.4) is 0 Å². The second kappa shape index (κ2) is 9.23. The summed E-state index contributed by atoms with van der Waals surface area (Å²) in [4.78, 5) is 62.5. The number of nitrogens with one attached hydrogen (secondary N) is 2. The van der Waals surface area contributed by atoms with E-state index in [0.717, 1.165) is 23.3 Å². The van der Waals surface area contributed by atoms with Gasteiger partial charge in [-0.1, -0.05) is 23.8 Å². The van der Waals surface area contributed by atoms with E-state index in [1.165, 1.54) is 0 Å². The second-order valence-corrected chi connectivity index (χ2v) is 8.06. The Morgan fingerprint density at radius 2 is 1.76 bits per heavy atom. The SMILES string of the molecule is Cc1ccc2c(c1)C(=O)N(CCC(=O)OCC(=O)Nc1ccccc1C(=O)NC1CC1)C2=O. The number of carbonyl (C=O) groups is 5. The van der Waals surface area contributed by atoms with E-state index < -0.39 is 30.3 Å². The molecule has 0 atom stereocenters. The molecule has 2 aliphatic rings. The lowest BCUT2D eigenvalue weighted by atomic mass is 10.1. The zero-order valence-corrected chi connectivity index (χ0v) is 18.1. The molecule has 4 amide bonds. The van der Waals surface area contributed by atoms with Crippen molar-refractivity contribution in [3.8, 4) is 0 Å². The number of anilines is 1. The Bertz CT molecular complexity index is 1150. The zero-order valence-electron chi connectivity index (χ0n) is 18.1. The van der Waals surface area contributed by atoms with Gasteiger partial charge in [0.15, 0.2) is 6.61 Å². The highest BCUT2D eigenvalue weighted by Crippen LogP contribution is 2.24. The van der Waals surface area contributed by atoms with Gasteiger partial charge in [-0.2, -0.15) is 0 Å². The van der Waals surface area contributed by atoms with Crippen molar-refractivity contribution in [1.82, 2.24) is 10.2 Å². The minimum atomic E-state index is -0.724. The number of esters is 1. The van der Waals surface area contributed by atoms with E-state index in [-0.39, 0.29) is 24.9 Å². The molecule has 1 saturated carbocycles. The van der Waals surface area contributed by atoms with Gasteiger partial charge >= 0.3 is 5.97 Å². The van der Waals surface area contributed by atoms with Crippen molar-refractivity contribution < 1.29 is 28.7 Å². The van der Waals surface area contributed by atoms with Crippen LogP contribution in [-0.4, -0.2) is 53.7 Å². The normalized spacial score (nSPS) is 14.6. The number of aryl methyl sites for hydroxylation is 1. The van der Waals surface area contributed by atoms with E-state index >= 15 is 0 Å². The number of hydrogen-bond acceptors (Lipinski definition) is 6. The van der Waals surface area contributed by atoms with Crippen LogP contribution in [0, 0.1) is 6.92 Å². The van der Waals surface area contributed by atoms with Crippen molar-refractivity contribution in [3.05, 3.63) is 64.7 Å². The zero-order chi connectivity index (χ0) is 23.5. The maximum absolute atomic E-state index is 12.5. The molecule has 2 N–H and O–H groups in total. The van der Waals surface area contributed by atoms with Crippen LogP contribution in [0.4, 0.5) is 5.69 Å². The number of ether oxygens (including phenoxy) is 1. The number of hydrogen-bond donors (Lipinski definition) is 2. The standard InChI is InChI=1S/C24H23N3O6/c1-14-6-9-16-18(12-14)24(32)27(23(16)31)11-10-21(29)33-13-20(28)26-19-5-3-2-4-17(19)22(30)25-15-7-8-15/h2-6,9,12,15H,7-8,10-11,13H2,1H3,(H,25,30)(H,26,28). The van der Waals surface area contributed by atoms with Crippen LogP contribution in [0.15, 0.2) is 42.5 Å². The third-order valence-corrected chi connectivity index (χ3v) is 5.39. The molecule has 0 radical (unpaired) electrons. The molecule has 1 heterocycles. The van der Waals surface area contributed by atoms with Crippen molar-refractivity contribution in [1.29, 1.82) is 0 Å². The summed E-state index contributed by atoms with van der Waals surface area (Å²) in [6, 6.07) is 11.7. The minimum Gasteiger partial charge on any atom is -0.456 e. The maximum Gasteiger partial charge on any atom is 0.308 e. The summed E-state index contributed by atoms with van der Waals surface area (Å²) in [5.74, 6) is -2.52. The molecule has 0 spiro atoms. The molecule has 0 saturated heterocycles. The largest absolute Gasteiger partial charge is 0.456 e. The fourth-order valence-corrected chi connectivity index (χ4v) is 3.50. The summed E-state index contributed by atoms with van der Waals surface area (Å²) in [6.45, 7) is 1.12. The number of para-hydroxylation sites is 1. The summed E-state index contributed by atoms with van der Waals surface area (Å²) >= 11 is 0. The summed E-state index contributed by atoms with van der Waals surface area (Å²) in [5.41, 5.74) is 2.12. The summed E-state index contributed by atoms with van der Waals surface area (Å²) in [6.07, 6.45) is 1.64. The van der Waals surface area contributed by atoms with Gasteiger partial charge in [0, 0.05) is 12.6 Å². The number of carbonyl (C=O) groups excluding carboxylic acids is 5. The maximum atomic E-state index is 12.5. The molecule has 1 fully saturated rings. The molecule has 2 aromatic rings. The summed E-state index contributed by atoms with van der Waals surface area (Å²) < 4.78 is 4.98. The third-order valence-electron chi connectivity index (χ3n) is 5.39. The van der Waals surface area contributed by atoms with Crippen LogP contribution < -0.4 is 10.6 Å². The van der Waals surface area contributed by atoms with Crippen molar-refractivity contribution in [2.24, 2.45) is 0 Å². The first kappa shape index (κ1) is 22.2. The molecule has 0 unspecified atom stereocenters. The van der Waals surface area contributed by atoms with E-state index in [0.29, 0.717) is 22.4 Å². The number of imide groups is 1. The van der Waals surface area contributed by atoms with Crippen LogP contribution in [0.5, 0.6) is 0 Å². The van der Waals surface area contributed by atoms with Gasteiger partial charge in [0.05, 0.1) is 28.8 Å². The van der Waals surface area contributed by atoms with Crippen molar-refractivity contribution in [3.63, 3.8) is 0 Å². The van der Waals surface area contributed by atoms with Crippen molar-refractivity contribution in [2.45, 2.75) is 32.2 Å². The van der Waals surface area contributed by atoms with E-state index in [9.17, 15) is 24.0 Å². The predicted octanol–water partition coefficient (Wildman–Crippen LogP) is 2.06. The highest BCUT2D eigenvalue weighted by atomic mass is 16.5. The lowest BCUT2D eigenvalue weighted by Crippen LogP contribution is -2.32. The molecule has 4 rings (SSSR count). The highest BCUT2D eigenvalue weighted by molar-refractivity contribution is 6.21. The summed E-state index contributed by atoms with van der Waals surface area (Å²) in [7, 11) is 0. The predicted molar refractivity (Wildman–Crippen MR) is 118 cm³/mol. The Labute approximate surface area is 190 Å². The number of rotatable bonds is 8. The van der Waals surface area contributed by atoms with E-state index in [1.807, 2.05) is 6.92 Å². The molecular weight excluding hydrogens is 426 g/mol. The Kier molecular flexibility index (Phi) is 6.21. The molecule has 33 heavy (non-hydrogen) atoms. The molecule has 9 nitrogen and oxygen atoms in total. The summed E-state index contributed by atoms with van der Waals surface area (Å²) in [5, 5.41) is 5.43. The lowest BCUT2D eigenvalue weighted by molar-refractivity contribution is -0.147. The van der Waals surface area contributed by atoms with Crippen LogP contribution in [-0.2, 0) is 14.3 Å². The van der Waals surface area contributed by atoms with Gasteiger partial charge < -0.3 is 15.4 Å².